The molecule has 2 fully saturated rings. The highest BCUT2D eigenvalue weighted by Gasteiger charge is 2.60. The van der Waals surface area contributed by atoms with Crippen LogP contribution in [0.4, 0.5) is 0 Å². The first kappa shape index (κ1) is 38.8. The number of carbonyl (C=O) groups excluding carboxylic acids is 4. The van der Waals surface area contributed by atoms with Crippen LogP contribution in [0.1, 0.15) is 92.2 Å². The largest absolute Gasteiger partial charge is 0.496 e. The minimum absolute atomic E-state index is 0.0452. The topological polar surface area (TPSA) is 192 Å². The van der Waals surface area contributed by atoms with Crippen LogP contribution in [0.25, 0.3) is 21.6 Å². The number of benzene rings is 1. The van der Waals surface area contributed by atoms with Crippen LogP contribution in [0.5, 0.6) is 11.5 Å². The van der Waals surface area contributed by atoms with Gasteiger partial charge in [0, 0.05) is 40.9 Å². The van der Waals surface area contributed by atoms with Gasteiger partial charge in [0.1, 0.15) is 51.6 Å². The molecule has 56 heavy (non-hydrogen) atoms. The summed E-state index contributed by atoms with van der Waals surface area (Å²) in [5.41, 5.74) is 8.48. The van der Waals surface area contributed by atoms with Crippen LogP contribution in [0.2, 0.25) is 0 Å². The van der Waals surface area contributed by atoms with Crippen molar-refractivity contribution in [3.8, 4) is 22.2 Å². The molecule has 0 radical (unpaired) electrons. The fraction of sp³-hybridized carbons (Fsp3) is 0.463. The highest BCUT2D eigenvalue weighted by Crippen LogP contribution is 2.45. The minimum atomic E-state index is -1.24. The number of allylic oxidation sites excluding steroid dienone is 1. The van der Waals surface area contributed by atoms with Gasteiger partial charge in [0.05, 0.1) is 36.8 Å². The lowest BCUT2D eigenvalue weighted by Gasteiger charge is -2.29. The Hall–Kier alpha value is -5.44. The van der Waals surface area contributed by atoms with Gasteiger partial charge in [-0.1, -0.05) is 38.8 Å². The molecular formula is C41H48N8O6S. The number of aromatic nitrogens is 4. The van der Waals surface area contributed by atoms with Gasteiger partial charge in [0.15, 0.2) is 0 Å². The smallest absolute Gasteiger partial charge is 0.272 e. The number of thiazole rings is 1. The third-order valence-corrected chi connectivity index (χ3v) is 11.9. The molecule has 1 aromatic carbocycles. The Morgan fingerprint density at radius 1 is 1.09 bits per heavy atom. The van der Waals surface area contributed by atoms with Crippen LogP contribution in [0, 0.1) is 19.8 Å². The fourth-order valence-electron chi connectivity index (χ4n) is 7.59. The van der Waals surface area contributed by atoms with E-state index in [1.807, 2.05) is 42.7 Å². The van der Waals surface area contributed by atoms with E-state index in [-0.39, 0.29) is 30.5 Å². The Bertz CT molecular complexity index is 2190. The third-order valence-electron chi connectivity index (χ3n) is 11.0. The van der Waals surface area contributed by atoms with Gasteiger partial charge in [0.2, 0.25) is 17.7 Å². The standard InChI is InChI=1S/C41H48N8O6S/c1-22(2)31-21-56-38(47-31)29-16-34(27-13-14-33(54-5)24(4)35(27)45-29)55-26-15-32-37(51)48-41(40(42)53)17-25(41)11-9-7-6-8-10-12-28(39(52)49(32)20-26)46-36(50)30-19-43-23(3)18-44-30/h9,11,13-14,16,18-19,21-22,25-26,28,32H,6-8,10,12,15,17,20H2,1-5H3,(H2,42,53)(H,46,50)(H,48,51)/b11-9-/t25-,26-,28+,32+,41-/m1/s1. The summed E-state index contributed by atoms with van der Waals surface area (Å²) in [5.74, 6) is -0.911. The summed E-state index contributed by atoms with van der Waals surface area (Å²) >= 11 is 1.50. The molecule has 0 bridgehead atoms. The van der Waals surface area contributed by atoms with Gasteiger partial charge >= 0.3 is 0 Å². The number of nitrogens with one attached hydrogen (secondary N) is 2. The molecule has 1 saturated carbocycles. The fourth-order valence-corrected chi connectivity index (χ4v) is 8.53. The van der Waals surface area contributed by atoms with Crippen LogP contribution in [-0.2, 0) is 14.4 Å². The van der Waals surface area contributed by atoms with Gasteiger partial charge in [-0.3, -0.25) is 24.2 Å². The summed E-state index contributed by atoms with van der Waals surface area (Å²) in [6.45, 7) is 7.92. The number of primary amides is 1. The number of nitrogens with zero attached hydrogens (tertiary/aromatic N) is 5. The molecule has 294 valence electrons. The lowest BCUT2D eigenvalue weighted by atomic mass is 10.0. The number of nitrogens with two attached hydrogens (primary N) is 1. The molecule has 1 saturated heterocycles. The molecule has 0 unspecified atom stereocenters. The number of fused-ring (bicyclic) bond motifs is 3. The van der Waals surface area contributed by atoms with Crippen LogP contribution in [0.3, 0.4) is 0 Å². The van der Waals surface area contributed by atoms with Crippen molar-refractivity contribution < 1.29 is 28.7 Å². The van der Waals surface area contributed by atoms with Gasteiger partial charge in [-0.25, -0.2) is 15.0 Å². The van der Waals surface area contributed by atoms with E-state index in [9.17, 15) is 19.2 Å². The van der Waals surface area contributed by atoms with Gasteiger partial charge in [-0.05, 0) is 57.6 Å². The van der Waals surface area contributed by atoms with Crippen molar-refractivity contribution in [2.45, 2.75) is 102 Å². The maximum absolute atomic E-state index is 14.7. The zero-order valence-electron chi connectivity index (χ0n) is 32.3. The molecule has 4 aromatic rings. The average molecular weight is 781 g/mol. The number of ether oxygens (including phenoxy) is 2. The molecule has 3 aromatic heterocycles. The van der Waals surface area contributed by atoms with Crippen molar-refractivity contribution in [1.29, 1.82) is 0 Å². The third kappa shape index (κ3) is 7.81. The first-order chi connectivity index (χ1) is 26.9. The quantitative estimate of drug-likeness (QED) is 0.207. The van der Waals surface area contributed by atoms with Crippen LogP contribution >= 0.6 is 11.3 Å². The summed E-state index contributed by atoms with van der Waals surface area (Å²) in [6.07, 6.45) is 10.2. The Morgan fingerprint density at radius 3 is 2.62 bits per heavy atom. The number of amides is 4. The molecule has 3 aliphatic rings. The van der Waals surface area contributed by atoms with Gasteiger partial charge in [-0.15, -0.1) is 11.3 Å². The van der Waals surface area contributed by atoms with Crippen LogP contribution in [-0.4, -0.2) is 85.8 Å². The number of hydrogen-bond donors (Lipinski definition) is 3. The predicted molar refractivity (Wildman–Crippen MR) is 211 cm³/mol. The molecular weight excluding hydrogens is 733 g/mol. The van der Waals surface area contributed by atoms with Gasteiger partial charge < -0.3 is 30.7 Å². The lowest BCUT2D eigenvalue weighted by molar-refractivity contribution is -0.141. The Balaban J connectivity index is 1.24. The zero-order valence-corrected chi connectivity index (χ0v) is 33.2. The maximum Gasteiger partial charge on any atom is 0.272 e. The second-order valence-electron chi connectivity index (χ2n) is 15.3. The summed E-state index contributed by atoms with van der Waals surface area (Å²) in [5, 5.41) is 9.32. The van der Waals surface area contributed by atoms with E-state index in [2.05, 4.69) is 34.4 Å². The normalized spacial score (nSPS) is 24.7. The summed E-state index contributed by atoms with van der Waals surface area (Å²) < 4.78 is 12.4. The molecule has 0 spiro atoms. The number of aryl methyl sites for hydroxylation is 2. The van der Waals surface area contributed by atoms with E-state index in [0.29, 0.717) is 47.7 Å². The molecule has 2 aliphatic heterocycles. The predicted octanol–water partition coefficient (Wildman–Crippen LogP) is 4.92. The summed E-state index contributed by atoms with van der Waals surface area (Å²) in [6, 6.07) is 3.63. The minimum Gasteiger partial charge on any atom is -0.496 e. The average Bonchev–Trinajstić information content (AvgIpc) is 3.46. The van der Waals surface area contributed by atoms with E-state index in [0.717, 1.165) is 40.9 Å². The maximum atomic E-state index is 14.7. The Morgan fingerprint density at radius 2 is 1.91 bits per heavy atom. The summed E-state index contributed by atoms with van der Waals surface area (Å²) in [4.78, 5) is 75.0. The van der Waals surface area contributed by atoms with E-state index in [1.165, 1.54) is 28.6 Å². The molecule has 5 heterocycles. The number of rotatable bonds is 8. The summed E-state index contributed by atoms with van der Waals surface area (Å²) in [7, 11) is 1.61. The van der Waals surface area contributed by atoms with Crippen molar-refractivity contribution in [2.24, 2.45) is 11.7 Å². The second kappa shape index (κ2) is 16.0. The molecule has 1 aliphatic carbocycles. The monoisotopic (exact) mass is 780 g/mol. The van der Waals surface area contributed by atoms with Crippen molar-refractivity contribution in [1.82, 2.24) is 35.5 Å². The molecule has 4 amide bonds. The van der Waals surface area contributed by atoms with Crippen molar-refractivity contribution >= 4 is 45.9 Å². The van der Waals surface area contributed by atoms with E-state index in [1.54, 1.807) is 14.0 Å². The van der Waals surface area contributed by atoms with Crippen molar-refractivity contribution in [2.75, 3.05) is 13.7 Å². The van der Waals surface area contributed by atoms with Crippen molar-refractivity contribution in [3.05, 3.63) is 70.8 Å². The SMILES string of the molecule is COc1ccc2c(O[C@@H]3C[C@H]4C(=O)N[C@]5(C(N)=O)C[C@H]5/C=C\CCCCC[C@H](NC(=O)c5cnc(C)cn5)C(=O)N4C3)cc(-c3nc(C(C)C)cs3)nc2c1C. The first-order valence-electron chi connectivity index (χ1n) is 19.2. The number of carbonyl (C=O) groups is 4. The zero-order chi connectivity index (χ0) is 39.7. The second-order valence-corrected chi connectivity index (χ2v) is 16.1. The molecule has 7 rings (SSSR count). The lowest BCUT2D eigenvalue weighted by Crippen LogP contribution is -2.57. The molecule has 4 N–H and O–H groups in total. The first-order valence-corrected chi connectivity index (χ1v) is 20.1. The van der Waals surface area contributed by atoms with Crippen LogP contribution in [0.15, 0.2) is 48.1 Å². The Kier molecular flexibility index (Phi) is 11.1. The van der Waals surface area contributed by atoms with E-state index >= 15 is 0 Å². The Labute approximate surface area is 329 Å². The highest BCUT2D eigenvalue weighted by molar-refractivity contribution is 7.13. The number of methoxy groups -OCH3 is 1. The molecule has 15 heteroatoms. The molecule has 14 nitrogen and oxygen atoms in total. The van der Waals surface area contributed by atoms with Crippen LogP contribution < -0.4 is 25.8 Å². The van der Waals surface area contributed by atoms with Gasteiger partial charge in [0.25, 0.3) is 5.91 Å². The number of hydrogen-bond acceptors (Lipinski definition) is 11. The highest BCUT2D eigenvalue weighted by atomic mass is 32.1. The molecule has 5 atom stereocenters. The van der Waals surface area contributed by atoms with E-state index < -0.39 is 47.4 Å². The van der Waals surface area contributed by atoms with Gasteiger partial charge in [-0.2, -0.15) is 0 Å². The van der Waals surface area contributed by atoms with Crippen molar-refractivity contribution in [3.63, 3.8) is 0 Å². The number of pyridine rings is 1. The van der Waals surface area contributed by atoms with E-state index in [4.69, 9.17) is 25.2 Å².